The molecular weight excluding hydrogens is 454 g/mol. The van der Waals surface area contributed by atoms with Crippen LogP contribution in [0.5, 0.6) is 5.75 Å². The zero-order valence-corrected chi connectivity index (χ0v) is 17.9. The predicted molar refractivity (Wildman–Crippen MR) is 115 cm³/mol. The highest BCUT2D eigenvalue weighted by atomic mass is 79.9. The fourth-order valence-electron chi connectivity index (χ4n) is 3.64. The molecule has 0 aliphatic carbocycles. The summed E-state index contributed by atoms with van der Waals surface area (Å²) in [5, 5.41) is 11.5. The van der Waals surface area contributed by atoms with Crippen LogP contribution in [-0.2, 0) is 16.8 Å². The molecule has 0 fully saturated rings. The van der Waals surface area contributed by atoms with Crippen molar-refractivity contribution >= 4 is 33.3 Å². The van der Waals surface area contributed by atoms with Crippen molar-refractivity contribution in [1.29, 1.82) is 0 Å². The molecule has 2 atom stereocenters. The van der Waals surface area contributed by atoms with Crippen molar-refractivity contribution in [2.45, 2.75) is 24.4 Å². The molecule has 1 N–H and O–H groups in total. The summed E-state index contributed by atoms with van der Waals surface area (Å²) in [5.74, 6) is -0.0280. The Balaban J connectivity index is 1.61. The molecule has 0 spiro atoms. The SMILES string of the molecule is O=C(C[C@H](Cc1ccc(Br)cc1)c1ccccc1)[C@]1(O)COc2cc(Cl)cnc21. The Morgan fingerprint density at radius 1 is 1.21 bits per heavy atom. The number of pyridine rings is 1. The fraction of sp³-hybridized carbons (Fsp3) is 0.217. The van der Waals surface area contributed by atoms with Crippen LogP contribution in [0.3, 0.4) is 0 Å². The van der Waals surface area contributed by atoms with Crippen LogP contribution in [0.4, 0.5) is 0 Å². The molecule has 0 bridgehead atoms. The van der Waals surface area contributed by atoms with E-state index in [2.05, 4.69) is 20.9 Å². The molecule has 0 saturated carbocycles. The third kappa shape index (κ3) is 4.22. The van der Waals surface area contributed by atoms with Gasteiger partial charge in [-0.05, 0) is 35.6 Å². The van der Waals surface area contributed by atoms with E-state index in [-0.39, 0.29) is 30.4 Å². The van der Waals surface area contributed by atoms with Gasteiger partial charge < -0.3 is 9.84 Å². The summed E-state index contributed by atoms with van der Waals surface area (Å²) in [6.07, 6.45) is 2.27. The van der Waals surface area contributed by atoms with Crippen LogP contribution in [0, 0.1) is 0 Å². The number of hydrogen-bond acceptors (Lipinski definition) is 4. The highest BCUT2D eigenvalue weighted by Gasteiger charge is 2.47. The lowest BCUT2D eigenvalue weighted by atomic mass is 9.83. The number of carbonyl (C=O) groups excluding carboxylic acids is 1. The lowest BCUT2D eigenvalue weighted by molar-refractivity contribution is -0.140. The Morgan fingerprint density at radius 2 is 1.93 bits per heavy atom. The van der Waals surface area contributed by atoms with E-state index in [1.807, 2.05) is 54.6 Å². The van der Waals surface area contributed by atoms with Gasteiger partial charge in [-0.15, -0.1) is 0 Å². The topological polar surface area (TPSA) is 59.4 Å². The minimum Gasteiger partial charge on any atom is -0.488 e. The standard InChI is InChI=1S/C23H19BrClNO3/c24-18-8-6-15(7-9-18)10-17(16-4-2-1-3-5-16)11-21(27)23(28)14-29-20-12-19(25)13-26-22(20)23/h1-9,12-13,17,28H,10-11,14H2/t17-,23+/m0/s1. The summed E-state index contributed by atoms with van der Waals surface area (Å²) in [7, 11) is 0. The Kier molecular flexibility index (Phi) is 5.72. The second kappa shape index (κ2) is 8.27. The van der Waals surface area contributed by atoms with Crippen molar-refractivity contribution in [3.05, 3.63) is 93.2 Å². The van der Waals surface area contributed by atoms with Crippen molar-refractivity contribution in [3.8, 4) is 5.75 Å². The van der Waals surface area contributed by atoms with Gasteiger partial charge in [0.05, 0.1) is 5.02 Å². The number of hydrogen-bond donors (Lipinski definition) is 1. The fourth-order valence-corrected chi connectivity index (χ4v) is 4.05. The van der Waals surface area contributed by atoms with Crippen LogP contribution in [0.25, 0.3) is 0 Å². The van der Waals surface area contributed by atoms with Crippen molar-refractivity contribution in [3.63, 3.8) is 0 Å². The molecule has 3 aromatic rings. The number of fused-ring (bicyclic) bond motifs is 1. The first-order valence-electron chi connectivity index (χ1n) is 9.29. The number of Topliss-reactive ketones (excluding diaryl/α,β-unsaturated/α-hetero) is 1. The van der Waals surface area contributed by atoms with Gasteiger partial charge in [0.15, 0.2) is 5.78 Å². The summed E-state index contributed by atoms with van der Waals surface area (Å²) in [6.45, 7) is -0.145. The number of ketones is 1. The van der Waals surface area contributed by atoms with Gasteiger partial charge in [0.25, 0.3) is 0 Å². The quantitative estimate of drug-likeness (QED) is 0.544. The zero-order chi connectivity index (χ0) is 20.4. The normalized spacial score (nSPS) is 18.7. The smallest absolute Gasteiger partial charge is 0.202 e. The molecule has 148 valence electrons. The lowest BCUT2D eigenvalue weighted by Crippen LogP contribution is -2.39. The third-order valence-electron chi connectivity index (χ3n) is 5.21. The van der Waals surface area contributed by atoms with Gasteiger partial charge in [0.2, 0.25) is 5.60 Å². The number of aliphatic hydroxyl groups is 1. The molecule has 2 heterocycles. The molecule has 4 rings (SSSR count). The Hall–Kier alpha value is -2.21. The minimum absolute atomic E-state index is 0.0785. The third-order valence-corrected chi connectivity index (χ3v) is 5.94. The average Bonchev–Trinajstić information content (AvgIpc) is 3.07. The number of carbonyl (C=O) groups is 1. The Labute approximate surface area is 182 Å². The Morgan fingerprint density at radius 3 is 2.66 bits per heavy atom. The summed E-state index contributed by atoms with van der Waals surface area (Å²) < 4.78 is 6.52. The lowest BCUT2D eigenvalue weighted by Gasteiger charge is -2.23. The van der Waals surface area contributed by atoms with Crippen LogP contribution >= 0.6 is 27.5 Å². The summed E-state index contributed by atoms with van der Waals surface area (Å²) in [6, 6.07) is 19.5. The van der Waals surface area contributed by atoms with E-state index in [9.17, 15) is 9.90 Å². The molecule has 1 aliphatic rings. The monoisotopic (exact) mass is 471 g/mol. The van der Waals surface area contributed by atoms with Crippen LogP contribution in [0.15, 0.2) is 71.3 Å². The number of benzene rings is 2. The van der Waals surface area contributed by atoms with E-state index < -0.39 is 5.60 Å². The second-order valence-electron chi connectivity index (χ2n) is 7.21. The Bertz CT molecular complexity index is 1030. The van der Waals surface area contributed by atoms with E-state index in [1.165, 1.54) is 6.20 Å². The molecule has 0 unspecified atom stereocenters. The van der Waals surface area contributed by atoms with Gasteiger partial charge in [0.1, 0.15) is 18.1 Å². The van der Waals surface area contributed by atoms with Crippen molar-refractivity contribution in [2.75, 3.05) is 6.61 Å². The predicted octanol–water partition coefficient (Wildman–Crippen LogP) is 5.06. The van der Waals surface area contributed by atoms with Crippen LogP contribution in [0.2, 0.25) is 5.02 Å². The van der Waals surface area contributed by atoms with Crippen molar-refractivity contribution in [2.24, 2.45) is 0 Å². The first kappa shape index (κ1) is 20.1. The maximum absolute atomic E-state index is 13.2. The van der Waals surface area contributed by atoms with E-state index in [4.69, 9.17) is 16.3 Å². The van der Waals surface area contributed by atoms with Crippen molar-refractivity contribution < 1.29 is 14.6 Å². The zero-order valence-electron chi connectivity index (χ0n) is 15.5. The van der Waals surface area contributed by atoms with Gasteiger partial charge >= 0.3 is 0 Å². The molecule has 4 nitrogen and oxygen atoms in total. The van der Waals surface area contributed by atoms with Gasteiger partial charge in [-0.1, -0.05) is 70.0 Å². The van der Waals surface area contributed by atoms with Crippen LogP contribution in [0.1, 0.15) is 29.2 Å². The van der Waals surface area contributed by atoms with Gasteiger partial charge in [0, 0.05) is 23.2 Å². The minimum atomic E-state index is -1.76. The molecule has 29 heavy (non-hydrogen) atoms. The van der Waals surface area contributed by atoms with E-state index in [0.717, 1.165) is 15.6 Å². The number of nitrogens with zero attached hydrogens (tertiary/aromatic N) is 1. The molecule has 0 radical (unpaired) electrons. The molecule has 0 amide bonds. The van der Waals surface area contributed by atoms with E-state index in [0.29, 0.717) is 17.2 Å². The first-order valence-corrected chi connectivity index (χ1v) is 10.5. The average molecular weight is 473 g/mol. The number of rotatable bonds is 6. The highest BCUT2D eigenvalue weighted by Crippen LogP contribution is 2.39. The molecule has 1 aliphatic heterocycles. The van der Waals surface area contributed by atoms with E-state index in [1.54, 1.807) is 6.07 Å². The maximum Gasteiger partial charge on any atom is 0.202 e. The molecule has 6 heteroatoms. The van der Waals surface area contributed by atoms with Crippen LogP contribution < -0.4 is 4.74 Å². The van der Waals surface area contributed by atoms with Gasteiger partial charge in [-0.25, -0.2) is 0 Å². The summed E-state index contributed by atoms with van der Waals surface area (Å²) >= 11 is 9.40. The van der Waals surface area contributed by atoms with Gasteiger partial charge in [-0.2, -0.15) is 0 Å². The molecule has 0 saturated heterocycles. The molecule has 2 aromatic carbocycles. The first-order chi connectivity index (χ1) is 14.0. The summed E-state index contributed by atoms with van der Waals surface area (Å²) in [4.78, 5) is 17.4. The summed E-state index contributed by atoms with van der Waals surface area (Å²) in [5.41, 5.74) is 0.653. The highest BCUT2D eigenvalue weighted by molar-refractivity contribution is 9.10. The van der Waals surface area contributed by atoms with Crippen LogP contribution in [-0.4, -0.2) is 22.5 Å². The largest absolute Gasteiger partial charge is 0.488 e. The second-order valence-corrected chi connectivity index (χ2v) is 8.57. The van der Waals surface area contributed by atoms with Gasteiger partial charge in [-0.3, -0.25) is 9.78 Å². The maximum atomic E-state index is 13.2. The molecular formula is C23H19BrClNO3. The van der Waals surface area contributed by atoms with E-state index >= 15 is 0 Å². The number of ether oxygens (including phenoxy) is 1. The number of aromatic nitrogens is 1. The van der Waals surface area contributed by atoms with Crippen molar-refractivity contribution in [1.82, 2.24) is 4.98 Å². The number of halogens is 2. The molecule has 1 aromatic heterocycles.